The number of halogens is 2. The number of hydrogen-bond acceptors (Lipinski definition) is 2. The molecule has 20 heavy (non-hydrogen) atoms. The number of nitrogens with zero attached hydrogens (tertiary/aromatic N) is 1. The highest BCUT2D eigenvalue weighted by atomic mass is 35.5. The second-order valence-electron chi connectivity index (χ2n) is 6.37. The van der Waals surface area contributed by atoms with E-state index in [2.05, 4.69) is 0 Å². The number of carbonyl (C=O) groups excluding carboxylic acids is 1. The number of hydrogen-bond donors (Lipinski definition) is 1. The van der Waals surface area contributed by atoms with Crippen molar-refractivity contribution in [3.8, 4) is 0 Å². The zero-order valence-electron chi connectivity index (χ0n) is 12.1. The van der Waals surface area contributed by atoms with Gasteiger partial charge in [0.2, 0.25) is 0 Å². The van der Waals surface area contributed by atoms with Crippen molar-refractivity contribution < 1.29 is 14.3 Å². The van der Waals surface area contributed by atoms with Crippen molar-refractivity contribution in [3.63, 3.8) is 0 Å². The molecule has 1 aromatic carbocycles. The van der Waals surface area contributed by atoms with E-state index >= 15 is 0 Å². The van der Waals surface area contributed by atoms with Crippen LogP contribution in [0.4, 0.5) is 4.39 Å². The van der Waals surface area contributed by atoms with Crippen LogP contribution in [0.3, 0.4) is 0 Å². The Morgan fingerprint density at radius 3 is 2.45 bits per heavy atom. The summed E-state index contributed by atoms with van der Waals surface area (Å²) in [4.78, 5) is 14.0. The molecule has 2 rings (SSSR count). The second kappa shape index (κ2) is 4.71. The van der Waals surface area contributed by atoms with Crippen LogP contribution in [0.15, 0.2) is 12.1 Å². The van der Waals surface area contributed by atoms with Gasteiger partial charge in [-0.05, 0) is 25.5 Å². The molecular weight excluding hydrogens is 281 g/mol. The fourth-order valence-corrected chi connectivity index (χ4v) is 2.68. The molecule has 1 aromatic rings. The molecule has 1 heterocycles. The Labute approximate surface area is 123 Å². The van der Waals surface area contributed by atoms with Crippen LogP contribution >= 0.6 is 11.6 Å². The summed E-state index contributed by atoms with van der Waals surface area (Å²) < 4.78 is 13.9. The highest BCUT2D eigenvalue weighted by Crippen LogP contribution is 2.39. The Balaban J connectivity index is 2.38. The lowest BCUT2D eigenvalue weighted by Gasteiger charge is -2.30. The van der Waals surface area contributed by atoms with Gasteiger partial charge in [-0.3, -0.25) is 4.79 Å². The van der Waals surface area contributed by atoms with Gasteiger partial charge in [0.15, 0.2) is 0 Å². The largest absolute Gasteiger partial charge is 0.388 e. The highest BCUT2D eigenvalue weighted by Gasteiger charge is 2.49. The number of aliphatic hydroxyl groups is 1. The lowest BCUT2D eigenvalue weighted by Crippen LogP contribution is -2.40. The molecule has 1 saturated heterocycles. The number of amides is 1. The van der Waals surface area contributed by atoms with Crippen LogP contribution < -0.4 is 0 Å². The molecule has 1 amide bonds. The van der Waals surface area contributed by atoms with Crippen molar-refractivity contribution in [2.24, 2.45) is 5.41 Å². The first kappa shape index (κ1) is 15.3. The Morgan fingerprint density at radius 1 is 1.35 bits per heavy atom. The van der Waals surface area contributed by atoms with Crippen LogP contribution in [0.2, 0.25) is 5.02 Å². The molecule has 0 bridgehead atoms. The van der Waals surface area contributed by atoms with Gasteiger partial charge >= 0.3 is 0 Å². The topological polar surface area (TPSA) is 40.5 Å². The molecule has 0 aliphatic carbocycles. The van der Waals surface area contributed by atoms with Crippen LogP contribution in [0, 0.1) is 18.2 Å². The van der Waals surface area contributed by atoms with Crippen LogP contribution in [0.1, 0.15) is 36.7 Å². The van der Waals surface area contributed by atoms with Crippen LogP contribution in [-0.4, -0.2) is 34.6 Å². The number of β-amino-alcohol motifs (C(OH)–C–C–N with tert-alkyl or cyclic N) is 1. The van der Waals surface area contributed by atoms with Gasteiger partial charge in [-0.15, -0.1) is 0 Å². The zero-order valence-corrected chi connectivity index (χ0v) is 12.9. The molecule has 5 heteroatoms. The van der Waals surface area contributed by atoms with Gasteiger partial charge in [0.25, 0.3) is 5.91 Å². The normalized spacial score (nSPS) is 25.1. The van der Waals surface area contributed by atoms with E-state index in [4.69, 9.17) is 11.6 Å². The number of aryl methyl sites for hydroxylation is 1. The molecule has 0 spiro atoms. The van der Waals surface area contributed by atoms with Crippen molar-refractivity contribution in [3.05, 3.63) is 34.1 Å². The number of likely N-dealkylation sites (tertiary alicyclic amines) is 1. The first-order chi connectivity index (χ1) is 9.07. The quantitative estimate of drug-likeness (QED) is 0.866. The highest BCUT2D eigenvalue weighted by molar-refractivity contribution is 6.34. The minimum absolute atomic E-state index is 0.111. The van der Waals surface area contributed by atoms with E-state index in [9.17, 15) is 14.3 Å². The Hall–Kier alpha value is -1.13. The minimum atomic E-state index is -1.00. The molecular formula is C15H19ClFNO2. The summed E-state index contributed by atoms with van der Waals surface area (Å²) in [7, 11) is 0. The van der Waals surface area contributed by atoms with Crippen LogP contribution in [-0.2, 0) is 0 Å². The maximum atomic E-state index is 13.9. The third-order valence-corrected chi connectivity index (χ3v) is 4.82. The first-order valence-corrected chi connectivity index (χ1v) is 6.91. The summed E-state index contributed by atoms with van der Waals surface area (Å²) in [5, 5.41) is 10.5. The molecule has 110 valence electrons. The van der Waals surface area contributed by atoms with E-state index in [1.165, 1.54) is 11.0 Å². The summed E-state index contributed by atoms with van der Waals surface area (Å²) in [6, 6.07) is 2.78. The van der Waals surface area contributed by atoms with Crippen LogP contribution in [0.5, 0.6) is 0 Å². The maximum absolute atomic E-state index is 13.9. The van der Waals surface area contributed by atoms with E-state index < -0.39 is 22.7 Å². The van der Waals surface area contributed by atoms with E-state index in [0.29, 0.717) is 12.1 Å². The molecule has 1 fully saturated rings. The van der Waals surface area contributed by atoms with Crippen molar-refractivity contribution in [2.45, 2.75) is 33.3 Å². The number of benzene rings is 1. The van der Waals surface area contributed by atoms with E-state index in [1.54, 1.807) is 19.9 Å². The lowest BCUT2D eigenvalue weighted by molar-refractivity contribution is -0.0108. The summed E-state index contributed by atoms with van der Waals surface area (Å²) in [5.74, 6) is -1.10. The SMILES string of the molecule is Cc1ccc(F)c(C(=O)N2CC(C)(C)C(C)(O)C2)c1Cl. The molecule has 3 nitrogen and oxygen atoms in total. The van der Waals surface area contributed by atoms with Crippen LogP contribution in [0.25, 0.3) is 0 Å². The summed E-state index contributed by atoms with van der Waals surface area (Å²) in [6.07, 6.45) is 0. The van der Waals surface area contributed by atoms with Gasteiger partial charge in [-0.25, -0.2) is 4.39 Å². The van der Waals surface area contributed by atoms with E-state index in [0.717, 1.165) is 0 Å². The molecule has 0 aromatic heterocycles. The smallest absolute Gasteiger partial charge is 0.258 e. The van der Waals surface area contributed by atoms with Crippen molar-refractivity contribution in [1.29, 1.82) is 0 Å². The molecule has 1 aliphatic heterocycles. The number of rotatable bonds is 1. The minimum Gasteiger partial charge on any atom is -0.388 e. The summed E-state index contributed by atoms with van der Waals surface area (Å²) in [6.45, 7) is 7.71. The fraction of sp³-hybridized carbons (Fsp3) is 0.533. The van der Waals surface area contributed by atoms with Gasteiger partial charge in [-0.1, -0.05) is 31.5 Å². The predicted molar refractivity (Wildman–Crippen MR) is 76.5 cm³/mol. The summed E-state index contributed by atoms with van der Waals surface area (Å²) in [5.41, 5.74) is -0.910. The lowest BCUT2D eigenvalue weighted by atomic mass is 9.79. The fourth-order valence-electron chi connectivity index (χ4n) is 2.44. The Kier molecular flexibility index (Phi) is 3.59. The Bertz CT molecular complexity index is 553. The first-order valence-electron chi connectivity index (χ1n) is 6.53. The van der Waals surface area contributed by atoms with Gasteiger partial charge in [0.05, 0.1) is 22.7 Å². The molecule has 0 saturated carbocycles. The zero-order chi connectivity index (χ0) is 15.3. The molecule has 1 aliphatic rings. The molecule has 0 radical (unpaired) electrons. The third-order valence-electron chi connectivity index (χ3n) is 4.33. The second-order valence-corrected chi connectivity index (χ2v) is 6.75. The summed E-state index contributed by atoms with van der Waals surface area (Å²) >= 11 is 6.06. The third kappa shape index (κ3) is 2.31. The van der Waals surface area contributed by atoms with E-state index in [-0.39, 0.29) is 17.1 Å². The van der Waals surface area contributed by atoms with Gasteiger partial charge < -0.3 is 10.0 Å². The monoisotopic (exact) mass is 299 g/mol. The predicted octanol–water partition coefficient (Wildman–Crippen LogP) is 3.02. The van der Waals surface area contributed by atoms with E-state index in [1.807, 2.05) is 13.8 Å². The van der Waals surface area contributed by atoms with Gasteiger partial charge in [-0.2, -0.15) is 0 Å². The van der Waals surface area contributed by atoms with Gasteiger partial charge in [0, 0.05) is 12.0 Å². The van der Waals surface area contributed by atoms with Crippen molar-refractivity contribution in [2.75, 3.05) is 13.1 Å². The average molecular weight is 300 g/mol. The molecule has 1 unspecified atom stereocenters. The van der Waals surface area contributed by atoms with Gasteiger partial charge in [0.1, 0.15) is 5.82 Å². The molecule has 1 N–H and O–H groups in total. The number of carbonyl (C=O) groups is 1. The van der Waals surface area contributed by atoms with Crippen molar-refractivity contribution >= 4 is 17.5 Å². The average Bonchev–Trinajstić information content (AvgIpc) is 2.54. The molecule has 1 atom stereocenters. The van der Waals surface area contributed by atoms with Crippen molar-refractivity contribution in [1.82, 2.24) is 4.90 Å². The standard InChI is InChI=1S/C15H19ClFNO2/c1-9-5-6-10(17)11(12(9)16)13(19)18-7-14(2,3)15(4,20)8-18/h5-6,20H,7-8H2,1-4H3. The Morgan fingerprint density at radius 2 is 1.95 bits per heavy atom. The maximum Gasteiger partial charge on any atom is 0.258 e.